The molecule has 0 aliphatic carbocycles. The van der Waals surface area contributed by atoms with Gasteiger partial charge >= 0.3 is 0 Å². The van der Waals surface area contributed by atoms with Gasteiger partial charge in [-0.15, -0.1) is 0 Å². The summed E-state index contributed by atoms with van der Waals surface area (Å²) in [4.78, 5) is 23.0. The zero-order chi connectivity index (χ0) is 14.1. The molecule has 2 aromatic carbocycles. The van der Waals surface area contributed by atoms with Crippen molar-refractivity contribution in [3.63, 3.8) is 0 Å². The topological polar surface area (TPSA) is 65.1 Å². The van der Waals surface area contributed by atoms with Crippen LogP contribution in [-0.2, 0) is 0 Å². The first-order chi connectivity index (χ1) is 9.68. The third-order valence-corrected chi connectivity index (χ3v) is 3.15. The average Bonchev–Trinajstić information content (AvgIpc) is 2.90. The number of benzene rings is 2. The van der Waals surface area contributed by atoms with Gasteiger partial charge in [0, 0.05) is 17.6 Å². The van der Waals surface area contributed by atoms with Crippen LogP contribution < -0.4 is 0 Å². The summed E-state index contributed by atoms with van der Waals surface area (Å²) in [5.74, 6) is -0.404. The molecule has 5 heteroatoms. The van der Waals surface area contributed by atoms with Crippen molar-refractivity contribution >= 4 is 22.5 Å². The number of nitro groups is 1. The fraction of sp³-hybridized carbons (Fsp3) is 0. The molecule has 1 aromatic heterocycles. The molecular weight excluding hydrogens is 256 g/mol. The van der Waals surface area contributed by atoms with E-state index in [0.29, 0.717) is 0 Å². The average molecular weight is 266 g/mol. The van der Waals surface area contributed by atoms with Crippen LogP contribution >= 0.6 is 0 Å². The lowest BCUT2D eigenvalue weighted by molar-refractivity contribution is -0.385. The molecule has 5 nitrogen and oxygen atoms in total. The van der Waals surface area contributed by atoms with Crippen LogP contribution in [0.2, 0.25) is 0 Å². The maximum atomic E-state index is 12.5. The van der Waals surface area contributed by atoms with E-state index in [1.807, 2.05) is 30.3 Å². The van der Waals surface area contributed by atoms with Crippen LogP contribution in [0, 0.1) is 10.1 Å². The third kappa shape index (κ3) is 1.85. The van der Waals surface area contributed by atoms with Gasteiger partial charge in [-0.2, -0.15) is 0 Å². The number of para-hydroxylation sites is 2. The van der Waals surface area contributed by atoms with E-state index in [1.54, 1.807) is 18.3 Å². The number of fused-ring (bicyclic) bond motifs is 1. The molecule has 0 saturated heterocycles. The Hall–Kier alpha value is -2.95. The highest BCUT2D eigenvalue weighted by Gasteiger charge is 2.21. The van der Waals surface area contributed by atoms with Crippen molar-refractivity contribution in [2.24, 2.45) is 0 Å². The van der Waals surface area contributed by atoms with E-state index in [0.717, 1.165) is 10.9 Å². The Kier molecular flexibility index (Phi) is 2.80. The molecule has 3 rings (SSSR count). The minimum atomic E-state index is -0.543. The van der Waals surface area contributed by atoms with E-state index >= 15 is 0 Å². The molecule has 0 atom stereocenters. The Balaban J connectivity index is 2.16. The zero-order valence-corrected chi connectivity index (χ0v) is 10.4. The second kappa shape index (κ2) is 4.62. The lowest BCUT2D eigenvalue weighted by Gasteiger charge is -2.04. The molecular formula is C15H10N2O3. The molecule has 20 heavy (non-hydrogen) atoms. The number of nitro benzene ring substituents is 1. The summed E-state index contributed by atoms with van der Waals surface area (Å²) in [5.41, 5.74) is 0.629. The number of carbonyl (C=O) groups is 1. The Bertz CT molecular complexity index is 821. The SMILES string of the molecule is O=C(c1ccccc1[N+](=O)[O-])n1ccc2ccccc21. The van der Waals surface area contributed by atoms with Crippen molar-refractivity contribution in [1.82, 2.24) is 4.57 Å². The van der Waals surface area contributed by atoms with Gasteiger partial charge in [0.25, 0.3) is 11.6 Å². The van der Waals surface area contributed by atoms with E-state index in [9.17, 15) is 14.9 Å². The molecule has 0 N–H and O–H groups in total. The maximum Gasteiger partial charge on any atom is 0.282 e. The second-order valence-electron chi connectivity index (χ2n) is 4.32. The van der Waals surface area contributed by atoms with Gasteiger partial charge in [-0.25, -0.2) is 0 Å². The minimum Gasteiger partial charge on any atom is -0.283 e. The molecule has 0 aliphatic heterocycles. The van der Waals surface area contributed by atoms with Gasteiger partial charge in [-0.05, 0) is 18.2 Å². The summed E-state index contributed by atoms with van der Waals surface area (Å²) < 4.78 is 1.43. The smallest absolute Gasteiger partial charge is 0.282 e. The van der Waals surface area contributed by atoms with Crippen LogP contribution in [0.5, 0.6) is 0 Å². The molecule has 0 bridgehead atoms. The van der Waals surface area contributed by atoms with E-state index in [2.05, 4.69) is 0 Å². The van der Waals surface area contributed by atoms with Crippen LogP contribution in [0.15, 0.2) is 60.8 Å². The minimum absolute atomic E-state index is 0.0823. The molecule has 0 saturated carbocycles. The lowest BCUT2D eigenvalue weighted by atomic mass is 10.1. The first kappa shape index (κ1) is 12.1. The van der Waals surface area contributed by atoms with Gasteiger partial charge in [0.2, 0.25) is 0 Å². The molecule has 98 valence electrons. The van der Waals surface area contributed by atoms with E-state index in [1.165, 1.54) is 16.7 Å². The fourth-order valence-corrected chi connectivity index (χ4v) is 2.20. The van der Waals surface area contributed by atoms with E-state index in [4.69, 9.17) is 0 Å². The lowest BCUT2D eigenvalue weighted by Crippen LogP contribution is -2.12. The number of carbonyl (C=O) groups excluding carboxylic acids is 1. The Morgan fingerprint density at radius 1 is 1.00 bits per heavy atom. The molecule has 0 spiro atoms. The number of hydrogen-bond acceptors (Lipinski definition) is 3. The third-order valence-electron chi connectivity index (χ3n) is 3.15. The van der Waals surface area contributed by atoms with Crippen molar-refractivity contribution < 1.29 is 9.72 Å². The standard InChI is InChI=1S/C15H10N2O3/c18-15(12-6-2-4-8-14(12)17(19)20)16-10-9-11-5-1-3-7-13(11)16/h1-10H. The van der Waals surface area contributed by atoms with Crippen LogP contribution in [0.25, 0.3) is 10.9 Å². The summed E-state index contributed by atoms with van der Waals surface area (Å²) in [5, 5.41) is 11.9. The second-order valence-corrected chi connectivity index (χ2v) is 4.32. The number of aromatic nitrogens is 1. The van der Waals surface area contributed by atoms with Gasteiger partial charge in [-0.3, -0.25) is 19.5 Å². The van der Waals surface area contributed by atoms with Gasteiger partial charge < -0.3 is 0 Å². The predicted molar refractivity (Wildman–Crippen MR) is 74.8 cm³/mol. The van der Waals surface area contributed by atoms with Gasteiger partial charge in [0.15, 0.2) is 0 Å². The molecule has 0 amide bonds. The Morgan fingerprint density at radius 2 is 1.70 bits per heavy atom. The van der Waals surface area contributed by atoms with Crippen molar-refractivity contribution in [2.75, 3.05) is 0 Å². The molecule has 0 aliphatic rings. The number of nitrogens with zero attached hydrogens (tertiary/aromatic N) is 2. The van der Waals surface area contributed by atoms with Crippen molar-refractivity contribution in [3.05, 3.63) is 76.5 Å². The summed E-state index contributed by atoms with van der Waals surface area (Å²) in [6.07, 6.45) is 1.63. The largest absolute Gasteiger partial charge is 0.283 e. The van der Waals surface area contributed by atoms with Crippen molar-refractivity contribution in [1.29, 1.82) is 0 Å². The van der Waals surface area contributed by atoms with Crippen LogP contribution in [0.1, 0.15) is 10.4 Å². The quantitative estimate of drug-likeness (QED) is 0.528. The molecule has 0 unspecified atom stereocenters. The monoisotopic (exact) mass is 266 g/mol. The normalized spacial score (nSPS) is 10.6. The van der Waals surface area contributed by atoms with Crippen LogP contribution in [0.3, 0.4) is 0 Å². The molecule has 1 heterocycles. The van der Waals surface area contributed by atoms with Gasteiger partial charge in [0.1, 0.15) is 5.56 Å². The van der Waals surface area contributed by atoms with Gasteiger partial charge in [0.05, 0.1) is 10.4 Å². The summed E-state index contributed by atoms with van der Waals surface area (Å²) in [6, 6.07) is 15.2. The first-order valence-electron chi connectivity index (χ1n) is 6.03. The summed E-state index contributed by atoms with van der Waals surface area (Å²) in [7, 11) is 0. The van der Waals surface area contributed by atoms with Crippen molar-refractivity contribution in [3.8, 4) is 0 Å². The number of hydrogen-bond donors (Lipinski definition) is 0. The summed E-state index contributed by atoms with van der Waals surface area (Å²) in [6.45, 7) is 0. The van der Waals surface area contributed by atoms with Crippen LogP contribution in [0.4, 0.5) is 5.69 Å². The summed E-state index contributed by atoms with van der Waals surface area (Å²) >= 11 is 0. The Labute approximate surface area is 114 Å². The predicted octanol–water partition coefficient (Wildman–Crippen LogP) is 3.24. The first-order valence-corrected chi connectivity index (χ1v) is 6.03. The maximum absolute atomic E-state index is 12.5. The van der Waals surface area contributed by atoms with Gasteiger partial charge in [-0.1, -0.05) is 30.3 Å². The zero-order valence-electron chi connectivity index (χ0n) is 10.4. The van der Waals surface area contributed by atoms with Crippen molar-refractivity contribution in [2.45, 2.75) is 0 Å². The molecule has 0 radical (unpaired) electrons. The highest BCUT2D eigenvalue weighted by molar-refractivity contribution is 6.04. The van der Waals surface area contributed by atoms with E-state index < -0.39 is 10.8 Å². The highest BCUT2D eigenvalue weighted by Crippen LogP contribution is 2.22. The van der Waals surface area contributed by atoms with Crippen LogP contribution in [-0.4, -0.2) is 15.4 Å². The Morgan fingerprint density at radius 3 is 2.50 bits per heavy atom. The molecule has 0 fully saturated rings. The highest BCUT2D eigenvalue weighted by atomic mass is 16.6. The fourth-order valence-electron chi connectivity index (χ4n) is 2.20. The number of rotatable bonds is 2. The van der Waals surface area contributed by atoms with E-state index in [-0.39, 0.29) is 11.3 Å². The molecule has 3 aromatic rings.